The summed E-state index contributed by atoms with van der Waals surface area (Å²) in [4.78, 5) is 20.2. The van der Waals surface area contributed by atoms with Gasteiger partial charge in [-0.25, -0.2) is 8.42 Å². The smallest absolute Gasteiger partial charge is 0.321 e. The first-order valence-corrected chi connectivity index (χ1v) is 12.1. The Hall–Kier alpha value is -3.97. The maximum Gasteiger partial charge on any atom is 0.321 e. The van der Waals surface area contributed by atoms with Gasteiger partial charge in [0, 0.05) is 17.3 Å². The molecule has 0 spiro atoms. The van der Waals surface area contributed by atoms with Crippen molar-refractivity contribution in [1.82, 2.24) is 15.3 Å². The Morgan fingerprint density at radius 1 is 1.00 bits per heavy atom. The normalized spacial score (nSPS) is 10.7. The fourth-order valence-corrected chi connectivity index (χ4v) is 3.98. The summed E-state index contributed by atoms with van der Waals surface area (Å²) in [6, 6.07) is 13.6. The predicted molar refractivity (Wildman–Crippen MR) is 134 cm³/mol. The molecule has 0 saturated heterocycles. The molecule has 1 aromatic heterocycles. The van der Waals surface area contributed by atoms with E-state index in [4.69, 9.17) is 26.4 Å². The Morgan fingerprint density at radius 3 is 2.29 bits per heavy atom. The molecule has 3 aromatic rings. The molecule has 0 saturated carbocycles. The fraction of sp³-hybridized carbons (Fsp3) is 0.182. The number of hydrogen-bond donors (Lipinski definition) is 3. The van der Waals surface area contributed by atoms with E-state index in [2.05, 4.69) is 25.3 Å². The van der Waals surface area contributed by atoms with Crippen molar-refractivity contribution in [1.29, 1.82) is 0 Å². The molecule has 35 heavy (non-hydrogen) atoms. The molecule has 0 atom stereocenters. The minimum absolute atomic E-state index is 0.0194. The van der Waals surface area contributed by atoms with Crippen LogP contribution in [0, 0.1) is 0 Å². The largest absolute Gasteiger partial charge is 0.494 e. The number of benzene rings is 2. The van der Waals surface area contributed by atoms with Crippen molar-refractivity contribution in [3.63, 3.8) is 0 Å². The number of ether oxygens (including phenoxy) is 3. The van der Waals surface area contributed by atoms with Gasteiger partial charge in [-0.15, -0.1) is 0 Å². The summed E-state index contributed by atoms with van der Waals surface area (Å²) in [6.45, 7) is 2.40. The molecule has 1 heterocycles. The van der Waals surface area contributed by atoms with Crippen LogP contribution in [0.4, 0.5) is 11.5 Å². The number of amides is 1. The van der Waals surface area contributed by atoms with Gasteiger partial charge in [0.05, 0.1) is 25.7 Å². The summed E-state index contributed by atoms with van der Waals surface area (Å²) in [5.41, 5.74) is 0.884. The first-order valence-electron chi connectivity index (χ1n) is 10.2. The second-order valence-electron chi connectivity index (χ2n) is 6.78. The molecule has 0 unspecified atom stereocenters. The lowest BCUT2D eigenvalue weighted by molar-refractivity contribution is 0.0977. The Labute approximate surface area is 207 Å². The number of methoxy groups -OCH3 is 2. The summed E-state index contributed by atoms with van der Waals surface area (Å²) in [7, 11) is -1.23. The number of sulfonamides is 1. The summed E-state index contributed by atoms with van der Waals surface area (Å²) in [6.07, 6.45) is 0. The van der Waals surface area contributed by atoms with Crippen LogP contribution in [0.1, 0.15) is 17.3 Å². The van der Waals surface area contributed by atoms with E-state index >= 15 is 0 Å². The van der Waals surface area contributed by atoms with E-state index in [-0.39, 0.29) is 27.7 Å². The molecule has 0 aliphatic heterocycles. The van der Waals surface area contributed by atoms with Crippen LogP contribution >= 0.6 is 12.2 Å². The zero-order chi connectivity index (χ0) is 25.4. The average molecular weight is 518 g/mol. The lowest BCUT2D eigenvalue weighted by Crippen LogP contribution is -2.34. The number of rotatable bonds is 9. The first-order chi connectivity index (χ1) is 16.7. The second kappa shape index (κ2) is 11.4. The number of nitrogens with zero attached hydrogens (tertiary/aromatic N) is 2. The molecule has 3 rings (SSSR count). The van der Waals surface area contributed by atoms with E-state index in [0.29, 0.717) is 23.6 Å². The highest BCUT2D eigenvalue weighted by atomic mass is 32.2. The van der Waals surface area contributed by atoms with Crippen LogP contribution in [-0.2, 0) is 10.0 Å². The minimum Gasteiger partial charge on any atom is -0.494 e. The molecule has 0 bridgehead atoms. The Morgan fingerprint density at radius 2 is 1.69 bits per heavy atom. The highest BCUT2D eigenvalue weighted by Crippen LogP contribution is 2.21. The topological polar surface area (TPSA) is 141 Å². The molecule has 2 aromatic carbocycles. The highest BCUT2D eigenvalue weighted by Gasteiger charge is 2.17. The Balaban J connectivity index is 1.62. The zero-order valence-electron chi connectivity index (χ0n) is 19.1. The van der Waals surface area contributed by atoms with Crippen molar-refractivity contribution in [2.24, 2.45) is 0 Å². The number of aromatic nitrogens is 2. The molecule has 1 amide bonds. The molecular formula is C22H23N5O6S2. The van der Waals surface area contributed by atoms with Crippen LogP contribution in [0.3, 0.4) is 0 Å². The third-order valence-electron chi connectivity index (χ3n) is 4.39. The van der Waals surface area contributed by atoms with Crippen LogP contribution in [0.25, 0.3) is 0 Å². The SMILES string of the molecule is CCOc1ccc(C(=O)NC(=S)Nc2ccc(S(=O)(=O)Nc3cc(OC)nc(OC)n3)cc2)cc1. The molecule has 0 aliphatic carbocycles. The fourth-order valence-electron chi connectivity index (χ4n) is 2.77. The van der Waals surface area contributed by atoms with Crippen LogP contribution in [0.2, 0.25) is 0 Å². The summed E-state index contributed by atoms with van der Waals surface area (Å²) in [5, 5.41) is 5.46. The van der Waals surface area contributed by atoms with Crippen molar-refractivity contribution in [2.45, 2.75) is 11.8 Å². The number of hydrogen-bond acceptors (Lipinski definition) is 9. The van der Waals surface area contributed by atoms with Crippen molar-refractivity contribution in [2.75, 3.05) is 30.9 Å². The van der Waals surface area contributed by atoms with Gasteiger partial charge in [0.15, 0.2) is 10.9 Å². The van der Waals surface area contributed by atoms with E-state index in [1.165, 1.54) is 44.6 Å². The molecule has 0 radical (unpaired) electrons. The van der Waals surface area contributed by atoms with Gasteiger partial charge in [-0.2, -0.15) is 9.97 Å². The van der Waals surface area contributed by atoms with Gasteiger partial charge >= 0.3 is 6.01 Å². The standard InChI is InChI=1S/C22H23N5O6S2/c1-4-33-16-9-5-14(6-10-16)20(28)26-22(34)23-15-7-11-17(12-8-15)35(29,30)27-18-13-19(31-2)25-21(24-18)32-3/h5-13H,4H2,1-3H3,(H,24,25,27)(H2,23,26,28,34). The van der Waals surface area contributed by atoms with Gasteiger partial charge in [0.25, 0.3) is 15.9 Å². The van der Waals surface area contributed by atoms with E-state index < -0.39 is 15.9 Å². The maximum absolute atomic E-state index is 12.7. The van der Waals surface area contributed by atoms with Crippen molar-refractivity contribution < 1.29 is 27.4 Å². The molecule has 184 valence electrons. The van der Waals surface area contributed by atoms with Gasteiger partial charge in [0.2, 0.25) is 5.88 Å². The molecule has 13 heteroatoms. The highest BCUT2D eigenvalue weighted by molar-refractivity contribution is 7.92. The maximum atomic E-state index is 12.7. The van der Waals surface area contributed by atoms with Gasteiger partial charge in [-0.3, -0.25) is 14.8 Å². The second-order valence-corrected chi connectivity index (χ2v) is 8.87. The predicted octanol–water partition coefficient (Wildman–Crippen LogP) is 2.82. The lowest BCUT2D eigenvalue weighted by Gasteiger charge is -2.12. The third kappa shape index (κ3) is 7.01. The number of nitrogens with one attached hydrogen (secondary N) is 3. The molecular weight excluding hydrogens is 494 g/mol. The summed E-state index contributed by atoms with van der Waals surface area (Å²) in [5.74, 6) is 0.376. The van der Waals surface area contributed by atoms with Gasteiger partial charge in [0.1, 0.15) is 5.75 Å². The van der Waals surface area contributed by atoms with Crippen molar-refractivity contribution in [3.8, 4) is 17.6 Å². The summed E-state index contributed by atoms with van der Waals surface area (Å²) >= 11 is 5.18. The number of anilines is 2. The Kier molecular flexibility index (Phi) is 8.39. The number of thiocarbonyl (C=S) groups is 1. The van der Waals surface area contributed by atoms with Gasteiger partial charge in [-0.05, 0) is 67.7 Å². The van der Waals surface area contributed by atoms with Crippen molar-refractivity contribution in [3.05, 3.63) is 60.2 Å². The summed E-state index contributed by atoms with van der Waals surface area (Å²) < 4.78 is 43.1. The zero-order valence-corrected chi connectivity index (χ0v) is 20.7. The minimum atomic E-state index is -3.96. The number of carbonyl (C=O) groups is 1. The van der Waals surface area contributed by atoms with Crippen LogP contribution in [-0.4, -0.2) is 50.2 Å². The van der Waals surface area contributed by atoms with Crippen LogP contribution < -0.4 is 29.6 Å². The monoisotopic (exact) mass is 517 g/mol. The van der Waals surface area contributed by atoms with E-state index in [1.807, 2.05) is 6.92 Å². The lowest BCUT2D eigenvalue weighted by atomic mass is 10.2. The van der Waals surface area contributed by atoms with E-state index in [9.17, 15) is 13.2 Å². The quantitative estimate of drug-likeness (QED) is 0.363. The van der Waals surface area contributed by atoms with E-state index in [1.54, 1.807) is 24.3 Å². The molecule has 11 nitrogen and oxygen atoms in total. The van der Waals surface area contributed by atoms with Crippen LogP contribution in [0.5, 0.6) is 17.6 Å². The molecule has 0 fully saturated rings. The number of carbonyl (C=O) groups excluding carboxylic acids is 1. The van der Waals surface area contributed by atoms with Gasteiger partial charge < -0.3 is 19.5 Å². The average Bonchev–Trinajstić information content (AvgIpc) is 2.84. The van der Waals surface area contributed by atoms with E-state index in [0.717, 1.165) is 0 Å². The first kappa shape index (κ1) is 25.6. The van der Waals surface area contributed by atoms with Gasteiger partial charge in [-0.1, -0.05) is 0 Å². The third-order valence-corrected chi connectivity index (χ3v) is 5.96. The molecule has 0 aliphatic rings. The van der Waals surface area contributed by atoms with Crippen LogP contribution in [0.15, 0.2) is 59.5 Å². The molecule has 3 N–H and O–H groups in total. The van der Waals surface area contributed by atoms with Crippen molar-refractivity contribution >= 4 is 44.8 Å². The Bertz CT molecular complexity index is 1280.